The lowest BCUT2D eigenvalue weighted by molar-refractivity contribution is 0.272. The molecule has 2 rings (SSSR count). The van der Waals surface area contributed by atoms with Gasteiger partial charge in [0, 0.05) is 5.92 Å². The number of nitrogens with zero attached hydrogens (tertiary/aromatic N) is 1. The third-order valence-electron chi connectivity index (χ3n) is 2.74. The normalized spacial score (nSPS) is 18.9. The van der Waals surface area contributed by atoms with Crippen molar-refractivity contribution in [3.8, 4) is 11.8 Å². The van der Waals surface area contributed by atoms with E-state index < -0.39 is 10.0 Å². The van der Waals surface area contributed by atoms with E-state index in [-0.39, 0.29) is 11.7 Å². The maximum Gasteiger partial charge on any atom is 0.209 e. The van der Waals surface area contributed by atoms with Crippen LogP contribution in [0.15, 0.2) is 18.2 Å². The van der Waals surface area contributed by atoms with Crippen molar-refractivity contribution in [3.05, 3.63) is 29.3 Å². The fourth-order valence-electron chi connectivity index (χ4n) is 1.99. The van der Waals surface area contributed by atoms with Crippen LogP contribution in [0.3, 0.4) is 0 Å². The molecule has 1 aliphatic rings. The van der Waals surface area contributed by atoms with Crippen molar-refractivity contribution in [1.29, 1.82) is 5.26 Å². The Morgan fingerprint density at radius 2 is 2.29 bits per heavy atom. The number of benzene rings is 1. The van der Waals surface area contributed by atoms with Crippen molar-refractivity contribution in [2.24, 2.45) is 5.14 Å². The molecule has 1 heterocycles. The van der Waals surface area contributed by atoms with E-state index in [0.717, 1.165) is 5.56 Å². The number of hydrogen-bond donors (Lipinski definition) is 1. The molecule has 0 spiro atoms. The van der Waals surface area contributed by atoms with Crippen LogP contribution in [0.4, 0.5) is 0 Å². The van der Waals surface area contributed by atoms with Crippen LogP contribution in [0.1, 0.15) is 23.5 Å². The molecule has 0 aliphatic carbocycles. The Labute approximate surface area is 99.9 Å². The average Bonchev–Trinajstić information content (AvgIpc) is 2.26. The van der Waals surface area contributed by atoms with Crippen LogP contribution in [-0.2, 0) is 10.0 Å². The zero-order chi connectivity index (χ0) is 12.5. The molecule has 1 aromatic carbocycles. The highest BCUT2D eigenvalue weighted by atomic mass is 32.2. The summed E-state index contributed by atoms with van der Waals surface area (Å²) in [5.74, 6) is 0.348. The van der Waals surface area contributed by atoms with E-state index in [4.69, 9.17) is 15.1 Å². The summed E-state index contributed by atoms with van der Waals surface area (Å²) in [5, 5.41) is 13.8. The van der Waals surface area contributed by atoms with Crippen molar-refractivity contribution in [2.75, 3.05) is 12.4 Å². The molecule has 1 aromatic rings. The molecule has 2 N–H and O–H groups in total. The Balaban J connectivity index is 2.36. The van der Waals surface area contributed by atoms with E-state index in [1.807, 2.05) is 6.07 Å². The van der Waals surface area contributed by atoms with Crippen LogP contribution in [0, 0.1) is 11.3 Å². The van der Waals surface area contributed by atoms with Crippen LogP contribution in [0.2, 0.25) is 0 Å². The first-order valence-corrected chi connectivity index (χ1v) is 6.88. The molecule has 0 bridgehead atoms. The second-order valence-corrected chi connectivity index (χ2v) is 5.69. The number of primary sulfonamides is 1. The van der Waals surface area contributed by atoms with Gasteiger partial charge in [0.2, 0.25) is 10.0 Å². The van der Waals surface area contributed by atoms with Gasteiger partial charge in [0.15, 0.2) is 0 Å². The largest absolute Gasteiger partial charge is 0.493 e. The van der Waals surface area contributed by atoms with Gasteiger partial charge in [-0.3, -0.25) is 0 Å². The Kier molecular flexibility index (Phi) is 3.05. The monoisotopic (exact) mass is 252 g/mol. The predicted molar refractivity (Wildman–Crippen MR) is 62.0 cm³/mol. The molecule has 0 unspecified atom stereocenters. The van der Waals surface area contributed by atoms with Gasteiger partial charge in [-0.05, 0) is 24.1 Å². The molecule has 0 saturated carbocycles. The van der Waals surface area contributed by atoms with Gasteiger partial charge in [-0.2, -0.15) is 5.26 Å². The van der Waals surface area contributed by atoms with E-state index in [9.17, 15) is 8.42 Å². The minimum Gasteiger partial charge on any atom is -0.493 e. The zero-order valence-electron chi connectivity index (χ0n) is 9.09. The lowest BCUT2D eigenvalue weighted by atomic mass is 9.94. The number of nitriles is 1. The molecule has 0 radical (unpaired) electrons. The van der Waals surface area contributed by atoms with Crippen LogP contribution in [0.25, 0.3) is 0 Å². The Bertz CT molecular complexity index is 575. The molecule has 1 atom stereocenters. The molecule has 0 amide bonds. The molecular weight excluding hydrogens is 240 g/mol. The molecule has 90 valence electrons. The molecule has 5 nitrogen and oxygen atoms in total. The minimum atomic E-state index is -3.50. The van der Waals surface area contributed by atoms with Crippen LogP contribution in [0.5, 0.6) is 5.75 Å². The van der Waals surface area contributed by atoms with E-state index in [1.54, 1.807) is 18.2 Å². The average molecular weight is 252 g/mol. The van der Waals surface area contributed by atoms with Gasteiger partial charge in [0.25, 0.3) is 0 Å². The van der Waals surface area contributed by atoms with E-state index in [2.05, 4.69) is 0 Å². The van der Waals surface area contributed by atoms with Gasteiger partial charge in [-0.25, -0.2) is 13.6 Å². The quantitative estimate of drug-likeness (QED) is 0.838. The second-order valence-electron chi connectivity index (χ2n) is 4.03. The van der Waals surface area contributed by atoms with Crippen molar-refractivity contribution in [2.45, 2.75) is 12.3 Å². The maximum atomic E-state index is 11.1. The summed E-state index contributed by atoms with van der Waals surface area (Å²) in [7, 11) is -3.50. The molecule has 0 fully saturated rings. The van der Waals surface area contributed by atoms with Gasteiger partial charge < -0.3 is 4.74 Å². The van der Waals surface area contributed by atoms with Crippen LogP contribution >= 0.6 is 0 Å². The zero-order valence-corrected chi connectivity index (χ0v) is 9.90. The third kappa shape index (κ3) is 2.75. The van der Waals surface area contributed by atoms with Crippen LogP contribution < -0.4 is 9.88 Å². The van der Waals surface area contributed by atoms with Crippen molar-refractivity contribution < 1.29 is 13.2 Å². The fraction of sp³-hybridized carbons (Fsp3) is 0.364. The second kappa shape index (κ2) is 4.35. The van der Waals surface area contributed by atoms with E-state index in [1.165, 1.54) is 0 Å². The lowest BCUT2D eigenvalue weighted by Gasteiger charge is -2.25. The van der Waals surface area contributed by atoms with Gasteiger partial charge in [0.1, 0.15) is 5.75 Å². The number of sulfonamides is 1. The summed E-state index contributed by atoms with van der Waals surface area (Å²) < 4.78 is 27.7. The van der Waals surface area contributed by atoms with Gasteiger partial charge in [0.05, 0.1) is 24.0 Å². The topological polar surface area (TPSA) is 93.2 Å². The van der Waals surface area contributed by atoms with Gasteiger partial charge >= 0.3 is 0 Å². The highest BCUT2D eigenvalue weighted by Gasteiger charge is 2.25. The van der Waals surface area contributed by atoms with Gasteiger partial charge in [-0.15, -0.1) is 0 Å². The number of nitrogens with two attached hydrogens (primary N) is 1. The summed E-state index contributed by atoms with van der Waals surface area (Å²) in [6.45, 7) is 0.446. The van der Waals surface area contributed by atoms with Crippen molar-refractivity contribution in [3.63, 3.8) is 0 Å². The number of fused-ring (bicyclic) bond motifs is 1. The standard InChI is InChI=1S/C11H12N2O3S/c12-6-8-1-2-10-9(7-17(13,14)15)3-4-16-11(10)5-8/h1-2,5,9H,3-4,7H2,(H2,13,14,15)/t9-/m1/s1. The molecule has 6 heteroatoms. The van der Waals surface area contributed by atoms with Gasteiger partial charge in [-0.1, -0.05) is 6.07 Å². The fourth-order valence-corrected chi connectivity index (χ4v) is 2.89. The highest BCUT2D eigenvalue weighted by molar-refractivity contribution is 7.89. The summed E-state index contributed by atoms with van der Waals surface area (Å²) in [4.78, 5) is 0. The molecule has 0 saturated heterocycles. The summed E-state index contributed by atoms with van der Waals surface area (Å²) in [6, 6.07) is 7.04. The Morgan fingerprint density at radius 3 is 2.94 bits per heavy atom. The number of ether oxygens (including phenoxy) is 1. The Morgan fingerprint density at radius 1 is 1.53 bits per heavy atom. The third-order valence-corrected chi connectivity index (χ3v) is 3.61. The maximum absolute atomic E-state index is 11.1. The summed E-state index contributed by atoms with van der Waals surface area (Å²) >= 11 is 0. The Hall–Kier alpha value is -1.58. The first-order valence-electron chi connectivity index (χ1n) is 5.17. The molecule has 17 heavy (non-hydrogen) atoms. The number of rotatable bonds is 2. The minimum absolute atomic E-state index is 0.0880. The van der Waals surface area contributed by atoms with Crippen molar-refractivity contribution >= 4 is 10.0 Å². The van der Waals surface area contributed by atoms with E-state index >= 15 is 0 Å². The van der Waals surface area contributed by atoms with Crippen LogP contribution in [-0.4, -0.2) is 20.8 Å². The van der Waals surface area contributed by atoms with E-state index in [0.29, 0.717) is 24.3 Å². The smallest absolute Gasteiger partial charge is 0.209 e. The SMILES string of the molecule is N#Cc1ccc2c(c1)OCC[C@@H]2CS(N)(=O)=O. The first kappa shape index (κ1) is 11.9. The highest BCUT2D eigenvalue weighted by Crippen LogP contribution is 2.34. The number of hydrogen-bond acceptors (Lipinski definition) is 4. The lowest BCUT2D eigenvalue weighted by Crippen LogP contribution is -2.25. The summed E-state index contributed by atoms with van der Waals surface area (Å²) in [6.07, 6.45) is 0.620. The molecule has 0 aromatic heterocycles. The van der Waals surface area contributed by atoms with Crippen molar-refractivity contribution in [1.82, 2.24) is 0 Å². The predicted octanol–water partition coefficient (Wildman–Crippen LogP) is 0.713. The molecular formula is C11H12N2O3S. The summed E-state index contributed by atoms with van der Waals surface area (Å²) in [5.41, 5.74) is 1.31. The molecule has 1 aliphatic heterocycles. The first-order chi connectivity index (χ1) is 7.99.